The van der Waals surface area contributed by atoms with Crippen LogP contribution in [0.5, 0.6) is 0 Å². The summed E-state index contributed by atoms with van der Waals surface area (Å²) in [4.78, 5) is 40.6. The van der Waals surface area contributed by atoms with Crippen molar-refractivity contribution in [2.24, 2.45) is 0 Å². The van der Waals surface area contributed by atoms with E-state index in [2.05, 4.69) is 23.6 Å². The van der Waals surface area contributed by atoms with Crippen molar-refractivity contribution >= 4 is 23.3 Å². The minimum absolute atomic E-state index is 0.0791. The molecule has 1 aromatic carbocycles. The minimum Gasteiger partial charge on any atom is -0.475 e. The number of nitrogens with zero attached hydrogens (tertiary/aromatic N) is 3. The van der Waals surface area contributed by atoms with E-state index in [0.29, 0.717) is 31.0 Å². The highest BCUT2D eigenvalue weighted by atomic mass is 19.4. The molecule has 34 heavy (non-hydrogen) atoms. The normalized spacial score (nSPS) is 18.6. The zero-order valence-electron chi connectivity index (χ0n) is 19.8. The first-order valence-corrected chi connectivity index (χ1v) is 11.7. The maximum absolute atomic E-state index is 12.5. The smallest absolute Gasteiger partial charge is 0.475 e. The number of Topliss-reactive ketones (excluding diaryl/α,β-unsaturated/α-hetero) is 1. The lowest BCUT2D eigenvalue weighted by atomic mass is 10.1. The monoisotopic (exact) mass is 485 g/mol. The molecule has 0 bridgehead atoms. The molecule has 1 aromatic rings. The largest absolute Gasteiger partial charge is 0.490 e. The maximum atomic E-state index is 12.5. The SMILES string of the molecule is CCC(C)N1CCN(CCCCN2C(=O)CCC(=O)c3ccccc32)CC1.O=C(O)C(F)(F)F. The Kier molecular flexibility index (Phi) is 10.5. The first-order valence-electron chi connectivity index (χ1n) is 11.7. The fourth-order valence-corrected chi connectivity index (χ4v) is 4.11. The highest BCUT2D eigenvalue weighted by Crippen LogP contribution is 2.27. The van der Waals surface area contributed by atoms with E-state index >= 15 is 0 Å². The highest BCUT2D eigenvalue weighted by molar-refractivity contribution is 6.10. The van der Waals surface area contributed by atoms with Crippen molar-refractivity contribution in [3.63, 3.8) is 0 Å². The average Bonchev–Trinajstić information content (AvgIpc) is 2.93. The van der Waals surface area contributed by atoms with Gasteiger partial charge in [-0.15, -0.1) is 0 Å². The zero-order valence-corrected chi connectivity index (χ0v) is 19.8. The predicted molar refractivity (Wildman–Crippen MR) is 123 cm³/mol. The van der Waals surface area contributed by atoms with Crippen LogP contribution in [-0.4, -0.2) is 84.1 Å². The van der Waals surface area contributed by atoms with Gasteiger partial charge in [-0.1, -0.05) is 19.1 Å². The lowest BCUT2D eigenvalue weighted by Crippen LogP contribution is -2.49. The third-order valence-electron chi connectivity index (χ3n) is 6.33. The summed E-state index contributed by atoms with van der Waals surface area (Å²) < 4.78 is 31.7. The molecule has 0 radical (unpaired) electrons. The van der Waals surface area contributed by atoms with Crippen LogP contribution in [-0.2, 0) is 9.59 Å². The molecule has 10 heteroatoms. The molecule has 3 rings (SSSR count). The summed E-state index contributed by atoms with van der Waals surface area (Å²) in [6.45, 7) is 11.0. The molecular weight excluding hydrogens is 451 g/mol. The van der Waals surface area contributed by atoms with Gasteiger partial charge >= 0.3 is 12.1 Å². The number of hydrogen-bond donors (Lipinski definition) is 1. The number of carboxylic acids is 1. The van der Waals surface area contributed by atoms with E-state index in [1.54, 1.807) is 0 Å². The molecule has 0 aliphatic carbocycles. The van der Waals surface area contributed by atoms with E-state index in [0.717, 1.165) is 51.3 Å². The number of aliphatic carboxylic acids is 1. The molecule has 1 unspecified atom stereocenters. The second-order valence-corrected chi connectivity index (χ2v) is 8.63. The molecule has 190 valence electrons. The number of rotatable bonds is 7. The van der Waals surface area contributed by atoms with E-state index in [1.807, 2.05) is 29.2 Å². The minimum atomic E-state index is -5.08. The van der Waals surface area contributed by atoms with Crippen molar-refractivity contribution in [3.05, 3.63) is 29.8 Å². The number of carbonyl (C=O) groups is 3. The quantitative estimate of drug-likeness (QED) is 0.592. The van der Waals surface area contributed by atoms with E-state index in [4.69, 9.17) is 9.90 Å². The van der Waals surface area contributed by atoms with Gasteiger partial charge in [0.15, 0.2) is 5.78 Å². The second kappa shape index (κ2) is 12.9. The molecule has 1 fully saturated rings. The molecular formula is C24H34F3N3O4. The van der Waals surface area contributed by atoms with E-state index in [9.17, 15) is 22.8 Å². The van der Waals surface area contributed by atoms with Gasteiger partial charge in [-0.3, -0.25) is 14.5 Å². The van der Waals surface area contributed by atoms with Gasteiger partial charge in [-0.2, -0.15) is 13.2 Å². The molecule has 0 saturated carbocycles. The number of alkyl halides is 3. The Bertz CT molecular complexity index is 839. The Labute approximate surface area is 198 Å². The fourth-order valence-electron chi connectivity index (χ4n) is 4.11. The third kappa shape index (κ3) is 8.09. The molecule has 0 aromatic heterocycles. The van der Waals surface area contributed by atoms with Crippen LogP contribution < -0.4 is 4.90 Å². The molecule has 2 aliphatic rings. The second-order valence-electron chi connectivity index (χ2n) is 8.63. The molecule has 1 atom stereocenters. The number of carbonyl (C=O) groups excluding carboxylic acids is 2. The number of amides is 1. The Morgan fingerprint density at radius 2 is 1.62 bits per heavy atom. The molecule has 1 saturated heterocycles. The van der Waals surface area contributed by atoms with Gasteiger partial charge in [-0.25, -0.2) is 4.79 Å². The standard InChI is InChI=1S/C22H33N3O2.C2HF3O2/c1-3-18(2)24-16-14-23(15-17-24)12-6-7-13-25-20-9-5-4-8-19(20)21(26)10-11-22(25)27;3-2(4,5)1(6)7/h4-5,8-9,18H,3,6-7,10-17H2,1-2H3;(H,6,7). The van der Waals surface area contributed by atoms with Crippen molar-refractivity contribution in [1.82, 2.24) is 9.80 Å². The van der Waals surface area contributed by atoms with Crippen molar-refractivity contribution in [1.29, 1.82) is 0 Å². The van der Waals surface area contributed by atoms with Crippen molar-refractivity contribution in [2.75, 3.05) is 44.2 Å². The first-order chi connectivity index (χ1) is 16.0. The number of carboxylic acid groups (broad SMARTS) is 1. The Hall–Kier alpha value is -2.46. The molecule has 0 spiro atoms. The van der Waals surface area contributed by atoms with Crippen molar-refractivity contribution in [2.45, 2.75) is 58.2 Å². The average molecular weight is 486 g/mol. The fraction of sp³-hybridized carbons (Fsp3) is 0.625. The number of anilines is 1. The van der Waals surface area contributed by atoms with Crippen LogP contribution in [0.1, 0.15) is 56.3 Å². The molecule has 1 N–H and O–H groups in total. The molecule has 7 nitrogen and oxygen atoms in total. The molecule has 2 aliphatic heterocycles. The van der Waals surface area contributed by atoms with Crippen molar-refractivity contribution < 1.29 is 32.7 Å². The van der Waals surface area contributed by atoms with Crippen LogP contribution in [0.4, 0.5) is 18.9 Å². The Balaban J connectivity index is 0.000000509. The van der Waals surface area contributed by atoms with Gasteiger partial charge in [0.2, 0.25) is 5.91 Å². The molecule has 1 amide bonds. The maximum Gasteiger partial charge on any atom is 0.490 e. The summed E-state index contributed by atoms with van der Waals surface area (Å²) in [6, 6.07) is 8.23. The number of piperazine rings is 1. The van der Waals surface area contributed by atoms with Gasteiger partial charge < -0.3 is 14.9 Å². The summed E-state index contributed by atoms with van der Waals surface area (Å²) >= 11 is 0. The zero-order chi connectivity index (χ0) is 25.3. The van der Waals surface area contributed by atoms with Crippen LogP contribution in [0, 0.1) is 0 Å². The van der Waals surface area contributed by atoms with Gasteiger partial charge in [0.1, 0.15) is 0 Å². The third-order valence-corrected chi connectivity index (χ3v) is 6.33. The number of para-hydroxylation sites is 1. The number of fused-ring (bicyclic) bond motifs is 1. The lowest BCUT2D eigenvalue weighted by Gasteiger charge is -2.37. The summed E-state index contributed by atoms with van der Waals surface area (Å²) in [5.74, 6) is -2.59. The summed E-state index contributed by atoms with van der Waals surface area (Å²) in [5, 5.41) is 7.12. The summed E-state index contributed by atoms with van der Waals surface area (Å²) in [7, 11) is 0. The van der Waals surface area contributed by atoms with Crippen LogP contribution in [0.3, 0.4) is 0 Å². The number of unbranched alkanes of at least 4 members (excludes halogenated alkanes) is 1. The van der Waals surface area contributed by atoms with E-state index in [-0.39, 0.29) is 11.7 Å². The van der Waals surface area contributed by atoms with Crippen LogP contribution in [0.2, 0.25) is 0 Å². The summed E-state index contributed by atoms with van der Waals surface area (Å²) in [5.41, 5.74) is 1.50. The first kappa shape index (κ1) is 27.8. The lowest BCUT2D eigenvalue weighted by molar-refractivity contribution is -0.192. The number of benzene rings is 1. The van der Waals surface area contributed by atoms with Crippen molar-refractivity contribution in [3.8, 4) is 0 Å². The topological polar surface area (TPSA) is 81.2 Å². The van der Waals surface area contributed by atoms with E-state index < -0.39 is 12.1 Å². The summed E-state index contributed by atoms with van der Waals surface area (Å²) in [6.07, 6.45) is -1.16. The van der Waals surface area contributed by atoms with Gasteiger partial charge in [0.05, 0.1) is 5.69 Å². The number of halogens is 3. The Morgan fingerprint density at radius 3 is 2.21 bits per heavy atom. The molecule has 2 heterocycles. The number of hydrogen-bond acceptors (Lipinski definition) is 5. The van der Waals surface area contributed by atoms with E-state index in [1.165, 1.54) is 6.42 Å². The highest BCUT2D eigenvalue weighted by Gasteiger charge is 2.38. The predicted octanol–water partition coefficient (Wildman–Crippen LogP) is 3.83. The Morgan fingerprint density at radius 1 is 1.03 bits per heavy atom. The van der Waals surface area contributed by atoms with Crippen LogP contribution >= 0.6 is 0 Å². The van der Waals surface area contributed by atoms with Gasteiger partial charge in [-0.05, 0) is 44.9 Å². The van der Waals surface area contributed by atoms with Gasteiger partial charge in [0.25, 0.3) is 0 Å². The van der Waals surface area contributed by atoms with Crippen LogP contribution in [0.15, 0.2) is 24.3 Å². The van der Waals surface area contributed by atoms with Crippen LogP contribution in [0.25, 0.3) is 0 Å². The number of ketones is 1. The van der Waals surface area contributed by atoms with Gasteiger partial charge in [0, 0.05) is 57.2 Å².